The second-order valence-electron chi connectivity index (χ2n) is 4.95. The maximum atomic E-state index is 12.0. The molecule has 1 unspecified atom stereocenters. The molecule has 0 aliphatic heterocycles. The lowest BCUT2D eigenvalue weighted by molar-refractivity contribution is -0.116. The number of hydrogen-bond acceptors (Lipinski definition) is 2. The van der Waals surface area contributed by atoms with Gasteiger partial charge in [-0.15, -0.1) is 0 Å². The zero-order valence-electron chi connectivity index (χ0n) is 10.3. The Morgan fingerprint density at radius 1 is 1.17 bits per heavy atom. The Bertz CT molecular complexity index is 605. The maximum Gasteiger partial charge on any atom is 0.164 e. The van der Waals surface area contributed by atoms with Crippen LogP contribution in [0.25, 0.3) is 0 Å². The fourth-order valence-corrected chi connectivity index (χ4v) is 2.83. The topological polar surface area (TPSA) is 34.1 Å². The van der Waals surface area contributed by atoms with E-state index in [1.807, 2.05) is 31.2 Å². The van der Waals surface area contributed by atoms with Crippen molar-refractivity contribution in [2.75, 3.05) is 0 Å². The van der Waals surface area contributed by atoms with Crippen molar-refractivity contribution >= 4 is 11.6 Å². The first-order valence-electron chi connectivity index (χ1n) is 6.20. The quantitative estimate of drug-likeness (QED) is 0.754. The van der Waals surface area contributed by atoms with E-state index >= 15 is 0 Å². The van der Waals surface area contributed by atoms with Crippen LogP contribution >= 0.6 is 0 Å². The van der Waals surface area contributed by atoms with E-state index in [4.69, 9.17) is 0 Å². The number of ketones is 2. The average molecular weight is 238 g/mol. The highest BCUT2D eigenvalue weighted by atomic mass is 16.1. The number of allylic oxidation sites excluding steroid dienone is 4. The van der Waals surface area contributed by atoms with Gasteiger partial charge in [-0.05, 0) is 12.5 Å². The van der Waals surface area contributed by atoms with Crippen LogP contribution in [-0.2, 0) is 9.59 Å². The highest BCUT2D eigenvalue weighted by molar-refractivity contribution is 6.14. The summed E-state index contributed by atoms with van der Waals surface area (Å²) in [7, 11) is 0. The third-order valence-electron chi connectivity index (χ3n) is 3.66. The molecule has 2 heteroatoms. The van der Waals surface area contributed by atoms with E-state index in [2.05, 4.69) is 6.07 Å². The highest BCUT2D eigenvalue weighted by Crippen LogP contribution is 2.40. The first-order valence-corrected chi connectivity index (χ1v) is 6.20. The highest BCUT2D eigenvalue weighted by Gasteiger charge is 2.36. The summed E-state index contributed by atoms with van der Waals surface area (Å²) in [4.78, 5) is 24.0. The van der Waals surface area contributed by atoms with Gasteiger partial charge in [-0.25, -0.2) is 0 Å². The molecule has 3 rings (SSSR count). The second-order valence-corrected chi connectivity index (χ2v) is 4.95. The third-order valence-corrected chi connectivity index (χ3v) is 3.66. The first-order chi connectivity index (χ1) is 8.66. The Morgan fingerprint density at radius 2 is 2.00 bits per heavy atom. The molecule has 90 valence electrons. The lowest BCUT2D eigenvalue weighted by atomic mass is 9.86. The number of benzene rings is 1. The molecule has 0 N–H and O–H groups in total. The molecule has 2 nitrogen and oxygen atoms in total. The van der Waals surface area contributed by atoms with Crippen molar-refractivity contribution < 1.29 is 9.59 Å². The SMILES string of the molecule is Cc1cccc(C2CC(=O)C3=C2C(=O)CC=C3)c1. The van der Waals surface area contributed by atoms with Crippen molar-refractivity contribution in [2.24, 2.45) is 0 Å². The maximum absolute atomic E-state index is 12.0. The van der Waals surface area contributed by atoms with Crippen LogP contribution < -0.4 is 0 Å². The number of Topliss-reactive ketones (excluding diaryl/α,β-unsaturated/α-hetero) is 2. The van der Waals surface area contributed by atoms with E-state index in [9.17, 15) is 9.59 Å². The van der Waals surface area contributed by atoms with Crippen LogP contribution in [0.5, 0.6) is 0 Å². The van der Waals surface area contributed by atoms with Gasteiger partial charge in [0, 0.05) is 29.9 Å². The van der Waals surface area contributed by atoms with Crippen LogP contribution in [0, 0.1) is 6.92 Å². The molecule has 2 aliphatic carbocycles. The Kier molecular flexibility index (Phi) is 2.51. The van der Waals surface area contributed by atoms with Crippen molar-refractivity contribution in [3.8, 4) is 0 Å². The van der Waals surface area contributed by atoms with Gasteiger partial charge in [-0.3, -0.25) is 9.59 Å². The molecule has 0 aromatic heterocycles. The fourth-order valence-electron chi connectivity index (χ4n) is 2.83. The van der Waals surface area contributed by atoms with Crippen LogP contribution in [0.3, 0.4) is 0 Å². The summed E-state index contributed by atoms with van der Waals surface area (Å²) in [6, 6.07) is 8.08. The lowest BCUT2D eigenvalue weighted by Gasteiger charge is -2.15. The smallest absolute Gasteiger partial charge is 0.164 e. The van der Waals surface area contributed by atoms with E-state index in [0.717, 1.165) is 16.7 Å². The molecule has 0 bridgehead atoms. The molecular weight excluding hydrogens is 224 g/mol. The summed E-state index contributed by atoms with van der Waals surface area (Å²) < 4.78 is 0. The van der Waals surface area contributed by atoms with Gasteiger partial charge in [0.2, 0.25) is 0 Å². The molecule has 0 spiro atoms. The number of carbonyl (C=O) groups is 2. The Morgan fingerprint density at radius 3 is 2.78 bits per heavy atom. The van der Waals surface area contributed by atoms with Crippen molar-refractivity contribution in [3.05, 3.63) is 58.7 Å². The molecule has 0 fully saturated rings. The molecular formula is C16H14O2. The van der Waals surface area contributed by atoms with Gasteiger partial charge in [-0.1, -0.05) is 42.0 Å². The summed E-state index contributed by atoms with van der Waals surface area (Å²) in [6.07, 6.45) is 4.46. The van der Waals surface area contributed by atoms with Crippen molar-refractivity contribution in [1.82, 2.24) is 0 Å². The van der Waals surface area contributed by atoms with Crippen molar-refractivity contribution in [1.29, 1.82) is 0 Å². The van der Waals surface area contributed by atoms with Crippen LogP contribution in [0.15, 0.2) is 47.6 Å². The minimum atomic E-state index is -0.0372. The van der Waals surface area contributed by atoms with Gasteiger partial charge in [0.05, 0.1) is 0 Å². The van der Waals surface area contributed by atoms with E-state index < -0.39 is 0 Å². The first kappa shape index (κ1) is 11.1. The zero-order chi connectivity index (χ0) is 12.7. The lowest BCUT2D eigenvalue weighted by Crippen LogP contribution is -2.11. The van der Waals surface area contributed by atoms with Gasteiger partial charge in [0.15, 0.2) is 11.6 Å². The van der Waals surface area contributed by atoms with Gasteiger partial charge in [0.25, 0.3) is 0 Å². The van der Waals surface area contributed by atoms with E-state index in [-0.39, 0.29) is 17.5 Å². The monoisotopic (exact) mass is 238 g/mol. The zero-order valence-corrected chi connectivity index (χ0v) is 10.3. The van der Waals surface area contributed by atoms with Crippen LogP contribution in [-0.4, -0.2) is 11.6 Å². The average Bonchev–Trinajstić information content (AvgIpc) is 2.69. The normalized spacial score (nSPS) is 22.6. The number of hydrogen-bond donors (Lipinski definition) is 0. The van der Waals surface area contributed by atoms with Crippen molar-refractivity contribution in [2.45, 2.75) is 25.7 Å². The molecule has 1 aromatic rings. The molecule has 0 amide bonds. The van der Waals surface area contributed by atoms with Crippen LogP contribution in [0.4, 0.5) is 0 Å². The molecule has 0 heterocycles. The molecule has 0 radical (unpaired) electrons. The predicted molar refractivity (Wildman–Crippen MR) is 69.3 cm³/mol. The molecule has 18 heavy (non-hydrogen) atoms. The van der Waals surface area contributed by atoms with E-state index in [0.29, 0.717) is 18.4 Å². The Hall–Kier alpha value is -1.96. The number of rotatable bonds is 1. The predicted octanol–water partition coefficient (Wildman–Crippen LogP) is 2.88. The second kappa shape index (κ2) is 4.05. The van der Waals surface area contributed by atoms with Gasteiger partial charge in [-0.2, -0.15) is 0 Å². The summed E-state index contributed by atoms with van der Waals surface area (Å²) in [5.74, 6) is 0.163. The van der Waals surface area contributed by atoms with E-state index in [1.165, 1.54) is 0 Å². The summed E-state index contributed by atoms with van der Waals surface area (Å²) in [5.41, 5.74) is 3.61. The van der Waals surface area contributed by atoms with Gasteiger partial charge < -0.3 is 0 Å². The van der Waals surface area contributed by atoms with E-state index in [1.54, 1.807) is 6.08 Å². The number of aryl methyl sites for hydroxylation is 1. The molecule has 1 atom stereocenters. The number of carbonyl (C=O) groups excluding carboxylic acids is 2. The van der Waals surface area contributed by atoms with Crippen molar-refractivity contribution in [3.63, 3.8) is 0 Å². The summed E-state index contributed by atoms with van der Waals surface area (Å²) in [6.45, 7) is 2.03. The summed E-state index contributed by atoms with van der Waals surface area (Å²) >= 11 is 0. The molecule has 0 saturated carbocycles. The minimum absolute atomic E-state index is 0.0372. The fraction of sp³-hybridized carbons (Fsp3) is 0.250. The largest absolute Gasteiger partial charge is 0.294 e. The molecule has 0 saturated heterocycles. The standard InChI is InChI=1S/C16H14O2/c1-10-4-2-5-11(8-10)13-9-15(18)12-6-3-7-14(17)16(12)13/h2-6,8,13H,7,9H2,1H3. The van der Waals surface area contributed by atoms with Gasteiger partial charge in [0.1, 0.15) is 0 Å². The third kappa shape index (κ3) is 1.65. The molecule has 1 aromatic carbocycles. The molecule has 2 aliphatic rings. The Labute approximate surface area is 106 Å². The minimum Gasteiger partial charge on any atom is -0.294 e. The Balaban J connectivity index is 2.10. The summed E-state index contributed by atoms with van der Waals surface area (Å²) in [5, 5.41) is 0. The van der Waals surface area contributed by atoms with Crippen LogP contribution in [0.1, 0.15) is 29.9 Å². The van der Waals surface area contributed by atoms with Crippen LogP contribution in [0.2, 0.25) is 0 Å². The van der Waals surface area contributed by atoms with Gasteiger partial charge >= 0.3 is 0 Å².